The van der Waals surface area contributed by atoms with Crippen LogP contribution in [0.3, 0.4) is 0 Å². The second kappa shape index (κ2) is 6.85. The fourth-order valence-electron chi connectivity index (χ4n) is 3.84. The molecule has 2 aliphatic rings. The van der Waals surface area contributed by atoms with Gasteiger partial charge in [-0.1, -0.05) is 6.08 Å². The monoisotopic (exact) mass is 370 g/mol. The van der Waals surface area contributed by atoms with Crippen LogP contribution < -0.4 is 4.90 Å². The first-order valence-corrected chi connectivity index (χ1v) is 9.36. The van der Waals surface area contributed by atoms with Crippen LogP contribution in [-0.2, 0) is 0 Å². The van der Waals surface area contributed by atoms with E-state index in [0.29, 0.717) is 23.1 Å². The van der Waals surface area contributed by atoms with E-state index >= 15 is 0 Å². The fraction of sp³-hybridized carbons (Fsp3) is 0.300. The van der Waals surface area contributed by atoms with Gasteiger partial charge in [-0.3, -0.25) is 9.39 Å². The van der Waals surface area contributed by atoms with E-state index < -0.39 is 0 Å². The fourth-order valence-corrected chi connectivity index (χ4v) is 3.84. The minimum Gasteiger partial charge on any atom is -0.356 e. The number of aromatic nitrogens is 5. The first-order chi connectivity index (χ1) is 13.8. The third kappa shape index (κ3) is 2.91. The van der Waals surface area contributed by atoms with Crippen LogP contribution in [-0.4, -0.2) is 43.6 Å². The highest BCUT2D eigenvalue weighted by molar-refractivity contribution is 5.65. The van der Waals surface area contributed by atoms with Crippen molar-refractivity contribution in [1.82, 2.24) is 24.3 Å². The van der Waals surface area contributed by atoms with Crippen molar-refractivity contribution in [2.75, 3.05) is 18.0 Å². The number of aliphatic imine (C=N–C) groups is 1. The van der Waals surface area contributed by atoms with E-state index in [-0.39, 0.29) is 0 Å². The Labute approximate surface area is 161 Å². The molecule has 5 rings (SSSR count). The van der Waals surface area contributed by atoms with Crippen molar-refractivity contribution in [2.45, 2.75) is 19.3 Å². The van der Waals surface area contributed by atoms with Gasteiger partial charge in [0.1, 0.15) is 17.6 Å². The van der Waals surface area contributed by atoms with Gasteiger partial charge in [-0.15, -0.1) is 0 Å². The number of hydrogen-bond donors (Lipinski definition) is 0. The molecule has 0 bridgehead atoms. The summed E-state index contributed by atoms with van der Waals surface area (Å²) >= 11 is 0. The summed E-state index contributed by atoms with van der Waals surface area (Å²) < 4.78 is 1.81. The average Bonchev–Trinajstić information content (AvgIpc) is 3.43. The summed E-state index contributed by atoms with van der Waals surface area (Å²) in [5.74, 6) is 1.94. The SMILES string of the molecule is N#Cc1cn2c(-c3nccc(N4CCCC(C5=CCC=N5)C4)n3)cnc2cn1. The number of piperidine rings is 1. The van der Waals surface area contributed by atoms with Gasteiger partial charge in [0.15, 0.2) is 17.2 Å². The normalized spacial score (nSPS) is 19.0. The molecule has 1 atom stereocenters. The lowest BCUT2D eigenvalue weighted by molar-refractivity contribution is 0.461. The lowest BCUT2D eigenvalue weighted by Crippen LogP contribution is -2.36. The second-order valence-corrected chi connectivity index (χ2v) is 6.96. The van der Waals surface area contributed by atoms with Gasteiger partial charge in [-0.05, 0) is 18.9 Å². The number of rotatable bonds is 3. The molecule has 0 aromatic carbocycles. The van der Waals surface area contributed by atoms with E-state index in [1.165, 1.54) is 5.70 Å². The van der Waals surface area contributed by atoms with Gasteiger partial charge in [-0.2, -0.15) is 5.26 Å². The molecule has 0 amide bonds. The maximum absolute atomic E-state index is 9.13. The maximum Gasteiger partial charge on any atom is 0.180 e. The lowest BCUT2D eigenvalue weighted by Gasteiger charge is -2.33. The zero-order chi connectivity index (χ0) is 18.9. The van der Waals surface area contributed by atoms with Gasteiger partial charge in [0, 0.05) is 49.7 Å². The largest absolute Gasteiger partial charge is 0.356 e. The molecule has 0 radical (unpaired) electrons. The predicted octanol–water partition coefficient (Wildman–Crippen LogP) is 2.63. The topological polar surface area (TPSA) is 95.4 Å². The van der Waals surface area contributed by atoms with Gasteiger partial charge >= 0.3 is 0 Å². The molecule has 1 saturated heterocycles. The molecular formula is C20H18N8. The zero-order valence-electron chi connectivity index (χ0n) is 15.2. The molecule has 5 heterocycles. The van der Waals surface area contributed by atoms with Crippen LogP contribution in [0.5, 0.6) is 0 Å². The van der Waals surface area contributed by atoms with Crippen LogP contribution in [0, 0.1) is 17.2 Å². The molecule has 28 heavy (non-hydrogen) atoms. The van der Waals surface area contributed by atoms with E-state index in [1.807, 2.05) is 16.7 Å². The quantitative estimate of drug-likeness (QED) is 0.703. The Bertz CT molecular complexity index is 1140. The first-order valence-electron chi connectivity index (χ1n) is 9.36. The summed E-state index contributed by atoms with van der Waals surface area (Å²) in [5.41, 5.74) is 2.93. The van der Waals surface area contributed by atoms with E-state index in [2.05, 4.69) is 37.0 Å². The highest BCUT2D eigenvalue weighted by atomic mass is 15.2. The molecule has 8 heteroatoms. The molecule has 2 aliphatic heterocycles. The van der Waals surface area contributed by atoms with E-state index in [9.17, 15) is 0 Å². The minimum absolute atomic E-state index is 0.326. The smallest absolute Gasteiger partial charge is 0.180 e. The van der Waals surface area contributed by atoms with Gasteiger partial charge in [0.2, 0.25) is 0 Å². The van der Waals surface area contributed by atoms with Crippen molar-refractivity contribution in [3.05, 3.63) is 48.3 Å². The highest BCUT2D eigenvalue weighted by Crippen LogP contribution is 2.29. The number of nitriles is 1. The van der Waals surface area contributed by atoms with Crippen molar-refractivity contribution < 1.29 is 0 Å². The maximum atomic E-state index is 9.13. The predicted molar refractivity (Wildman–Crippen MR) is 105 cm³/mol. The lowest BCUT2D eigenvalue weighted by atomic mass is 9.95. The average molecular weight is 370 g/mol. The molecule has 138 valence electrons. The van der Waals surface area contributed by atoms with Crippen LogP contribution in [0.15, 0.2) is 47.6 Å². The third-order valence-electron chi connectivity index (χ3n) is 5.22. The van der Waals surface area contributed by atoms with Crippen molar-refractivity contribution in [3.63, 3.8) is 0 Å². The van der Waals surface area contributed by atoms with Crippen molar-refractivity contribution in [2.24, 2.45) is 10.9 Å². The summed E-state index contributed by atoms with van der Waals surface area (Å²) in [7, 11) is 0. The molecule has 0 saturated carbocycles. The zero-order valence-corrected chi connectivity index (χ0v) is 15.2. The number of allylic oxidation sites excluding steroid dienone is 1. The number of nitrogens with zero attached hydrogens (tertiary/aromatic N) is 8. The summed E-state index contributed by atoms with van der Waals surface area (Å²) in [6.07, 6.45) is 14.2. The Morgan fingerprint density at radius 2 is 2.14 bits per heavy atom. The minimum atomic E-state index is 0.326. The standard InChI is InChI=1S/C20H18N8/c21-9-15-13-28-17(10-25-19(28)11-24-15)20-23-7-5-18(26-20)27-8-2-3-14(12-27)16-4-1-6-22-16/h4-7,10-11,13-14H,1-3,8,12H2. The van der Waals surface area contributed by atoms with Crippen molar-refractivity contribution >= 4 is 17.7 Å². The summed E-state index contributed by atoms with van der Waals surface area (Å²) in [6, 6.07) is 4.00. The summed E-state index contributed by atoms with van der Waals surface area (Å²) in [4.78, 5) is 24.5. The third-order valence-corrected chi connectivity index (χ3v) is 5.22. The van der Waals surface area contributed by atoms with Gasteiger partial charge < -0.3 is 4.90 Å². The Hall–Kier alpha value is -3.60. The Kier molecular flexibility index (Phi) is 4.05. The summed E-state index contributed by atoms with van der Waals surface area (Å²) in [5, 5.41) is 9.13. The molecule has 8 nitrogen and oxygen atoms in total. The first kappa shape index (κ1) is 16.6. The molecule has 0 N–H and O–H groups in total. The second-order valence-electron chi connectivity index (χ2n) is 6.96. The van der Waals surface area contributed by atoms with Gasteiger partial charge in [-0.25, -0.2) is 19.9 Å². The summed E-state index contributed by atoms with van der Waals surface area (Å²) in [6.45, 7) is 1.88. The number of hydrogen-bond acceptors (Lipinski definition) is 7. The molecule has 1 fully saturated rings. The van der Waals surface area contributed by atoms with E-state index in [4.69, 9.17) is 10.2 Å². The number of fused-ring (bicyclic) bond motifs is 1. The van der Waals surface area contributed by atoms with Crippen molar-refractivity contribution in [3.8, 4) is 17.6 Å². The molecule has 1 unspecified atom stereocenters. The van der Waals surface area contributed by atoms with E-state index in [1.54, 1.807) is 24.8 Å². The van der Waals surface area contributed by atoms with Crippen LogP contribution >= 0.6 is 0 Å². The van der Waals surface area contributed by atoms with E-state index in [0.717, 1.165) is 43.9 Å². The van der Waals surface area contributed by atoms with Gasteiger partial charge in [0.05, 0.1) is 12.4 Å². The Morgan fingerprint density at radius 3 is 3.00 bits per heavy atom. The number of imidazole rings is 1. The van der Waals surface area contributed by atoms with Crippen LogP contribution in [0.1, 0.15) is 25.0 Å². The molecule has 0 aliphatic carbocycles. The molecule has 3 aromatic heterocycles. The Morgan fingerprint density at radius 1 is 1.18 bits per heavy atom. The molecule has 3 aromatic rings. The van der Waals surface area contributed by atoms with Crippen LogP contribution in [0.4, 0.5) is 5.82 Å². The molecule has 0 spiro atoms. The van der Waals surface area contributed by atoms with Crippen LogP contribution in [0.25, 0.3) is 17.2 Å². The molecular weight excluding hydrogens is 352 g/mol. The number of anilines is 1. The highest BCUT2D eigenvalue weighted by Gasteiger charge is 2.25. The van der Waals surface area contributed by atoms with Gasteiger partial charge in [0.25, 0.3) is 0 Å². The van der Waals surface area contributed by atoms with Crippen LogP contribution in [0.2, 0.25) is 0 Å². The Balaban J connectivity index is 1.47. The van der Waals surface area contributed by atoms with Crippen molar-refractivity contribution in [1.29, 1.82) is 5.26 Å².